The number of para-hydroxylation sites is 2. The molecule has 2 aliphatic rings. The number of benzene rings is 2. The first-order valence-corrected chi connectivity index (χ1v) is 10.9. The monoisotopic (exact) mass is 403 g/mol. The molecule has 3 heterocycles. The van der Waals surface area contributed by atoms with Crippen LogP contribution >= 0.6 is 0 Å². The number of nitrogens with zero attached hydrogens (tertiary/aromatic N) is 2. The lowest BCUT2D eigenvalue weighted by Crippen LogP contribution is -2.54. The largest absolute Gasteiger partial charge is 0.492 e. The first-order valence-electron chi connectivity index (χ1n) is 10.9. The Kier molecular flexibility index (Phi) is 4.78. The molecule has 5 nitrogen and oxygen atoms in total. The quantitative estimate of drug-likeness (QED) is 0.720. The number of likely N-dealkylation sites (tertiary alicyclic amines) is 1. The van der Waals surface area contributed by atoms with Crippen molar-refractivity contribution in [3.05, 3.63) is 65.4 Å². The lowest BCUT2D eigenvalue weighted by molar-refractivity contribution is -0.136. The zero-order valence-electron chi connectivity index (χ0n) is 17.8. The summed E-state index contributed by atoms with van der Waals surface area (Å²) in [6, 6.07) is 16.5. The highest BCUT2D eigenvalue weighted by Gasteiger charge is 2.50. The summed E-state index contributed by atoms with van der Waals surface area (Å²) in [4.78, 5) is 20.9. The molecular formula is C25H29N3O2. The van der Waals surface area contributed by atoms with Crippen LogP contribution in [0.5, 0.6) is 5.75 Å². The van der Waals surface area contributed by atoms with Gasteiger partial charge in [0.25, 0.3) is 0 Å². The highest BCUT2D eigenvalue weighted by molar-refractivity contribution is 5.88. The third-order valence-electron chi connectivity index (χ3n) is 6.84. The van der Waals surface area contributed by atoms with Gasteiger partial charge in [-0.05, 0) is 43.0 Å². The molecule has 1 amide bonds. The topological polar surface area (TPSA) is 48.6 Å². The highest BCUT2D eigenvalue weighted by atomic mass is 16.5. The summed E-state index contributed by atoms with van der Waals surface area (Å²) < 4.78 is 5.92. The third kappa shape index (κ3) is 3.08. The van der Waals surface area contributed by atoms with Crippen molar-refractivity contribution in [2.75, 3.05) is 32.8 Å². The molecule has 1 N–H and O–H groups in total. The van der Waals surface area contributed by atoms with Crippen LogP contribution in [-0.4, -0.2) is 53.5 Å². The Morgan fingerprint density at radius 1 is 1.13 bits per heavy atom. The van der Waals surface area contributed by atoms with Gasteiger partial charge in [0.2, 0.25) is 5.91 Å². The van der Waals surface area contributed by atoms with Crippen molar-refractivity contribution in [1.29, 1.82) is 0 Å². The van der Waals surface area contributed by atoms with E-state index in [4.69, 9.17) is 4.74 Å². The first-order chi connectivity index (χ1) is 14.6. The predicted octanol–water partition coefficient (Wildman–Crippen LogP) is 3.86. The normalized spacial score (nSPS) is 21.3. The Morgan fingerprint density at radius 2 is 1.97 bits per heavy atom. The van der Waals surface area contributed by atoms with E-state index < -0.39 is 0 Å². The number of carbonyl (C=O) groups excluding carboxylic acids is 1. The summed E-state index contributed by atoms with van der Waals surface area (Å²) in [5.41, 5.74) is 4.86. The van der Waals surface area contributed by atoms with Crippen molar-refractivity contribution in [3.8, 4) is 5.75 Å². The fourth-order valence-corrected chi connectivity index (χ4v) is 5.40. The maximum atomic E-state index is 12.6. The van der Waals surface area contributed by atoms with E-state index in [1.54, 1.807) is 6.92 Å². The number of nitrogens with one attached hydrogen (secondary N) is 1. The second-order valence-corrected chi connectivity index (χ2v) is 8.62. The molecule has 1 unspecified atom stereocenters. The number of fused-ring (bicyclic) bond motifs is 4. The lowest BCUT2D eigenvalue weighted by Gasteiger charge is -2.44. The van der Waals surface area contributed by atoms with Crippen LogP contribution < -0.4 is 4.74 Å². The molecule has 156 valence electrons. The lowest BCUT2D eigenvalue weighted by atomic mass is 9.83. The molecule has 1 aromatic heterocycles. The minimum atomic E-state index is -0.266. The van der Waals surface area contributed by atoms with Crippen LogP contribution in [0.3, 0.4) is 0 Å². The van der Waals surface area contributed by atoms with Gasteiger partial charge < -0.3 is 14.6 Å². The van der Waals surface area contributed by atoms with Gasteiger partial charge in [0, 0.05) is 49.7 Å². The van der Waals surface area contributed by atoms with Crippen LogP contribution in [0.15, 0.2) is 48.5 Å². The first kappa shape index (κ1) is 19.2. The Morgan fingerprint density at radius 3 is 2.77 bits per heavy atom. The Balaban J connectivity index is 1.42. The molecule has 5 rings (SSSR count). The molecule has 1 atom stereocenters. The van der Waals surface area contributed by atoms with Gasteiger partial charge in [0.1, 0.15) is 12.4 Å². The van der Waals surface area contributed by atoms with Gasteiger partial charge in [-0.1, -0.05) is 36.4 Å². The van der Waals surface area contributed by atoms with Crippen molar-refractivity contribution in [2.45, 2.75) is 32.2 Å². The van der Waals surface area contributed by atoms with Gasteiger partial charge in [-0.25, -0.2) is 0 Å². The maximum absolute atomic E-state index is 12.6. The van der Waals surface area contributed by atoms with Crippen LogP contribution in [0.2, 0.25) is 0 Å². The molecular weight excluding hydrogens is 374 g/mol. The number of ether oxygens (including phenoxy) is 1. The molecule has 2 aliphatic heterocycles. The van der Waals surface area contributed by atoms with Crippen molar-refractivity contribution >= 4 is 16.8 Å². The summed E-state index contributed by atoms with van der Waals surface area (Å²) in [6.07, 6.45) is 1.87. The number of hydrogen-bond donors (Lipinski definition) is 1. The third-order valence-corrected chi connectivity index (χ3v) is 6.84. The van der Waals surface area contributed by atoms with Crippen molar-refractivity contribution in [1.82, 2.24) is 14.8 Å². The van der Waals surface area contributed by atoms with Gasteiger partial charge in [0.05, 0.1) is 5.54 Å². The number of hydrogen-bond acceptors (Lipinski definition) is 3. The average Bonchev–Trinajstić information content (AvgIpc) is 3.33. The van der Waals surface area contributed by atoms with Crippen LogP contribution in [0.4, 0.5) is 0 Å². The van der Waals surface area contributed by atoms with E-state index in [9.17, 15) is 4.79 Å². The van der Waals surface area contributed by atoms with Gasteiger partial charge in [-0.2, -0.15) is 0 Å². The zero-order chi connectivity index (χ0) is 20.7. The zero-order valence-corrected chi connectivity index (χ0v) is 17.8. The van der Waals surface area contributed by atoms with E-state index in [2.05, 4.69) is 39.9 Å². The number of aromatic amines is 1. The van der Waals surface area contributed by atoms with Gasteiger partial charge in [-0.3, -0.25) is 9.69 Å². The van der Waals surface area contributed by atoms with Gasteiger partial charge in [-0.15, -0.1) is 0 Å². The molecule has 0 radical (unpaired) electrons. The number of aryl methyl sites for hydroxylation is 1. The smallest absolute Gasteiger partial charge is 0.220 e. The van der Waals surface area contributed by atoms with Crippen LogP contribution in [0, 0.1) is 6.92 Å². The molecule has 0 saturated carbocycles. The summed E-state index contributed by atoms with van der Waals surface area (Å²) in [5.74, 6) is 1.07. The summed E-state index contributed by atoms with van der Waals surface area (Å²) >= 11 is 0. The van der Waals surface area contributed by atoms with Crippen LogP contribution in [-0.2, 0) is 16.8 Å². The number of aromatic nitrogens is 1. The van der Waals surface area contributed by atoms with Crippen molar-refractivity contribution in [3.63, 3.8) is 0 Å². The predicted molar refractivity (Wildman–Crippen MR) is 119 cm³/mol. The summed E-state index contributed by atoms with van der Waals surface area (Å²) in [7, 11) is 0. The van der Waals surface area contributed by atoms with Crippen molar-refractivity contribution in [2.24, 2.45) is 0 Å². The number of amides is 1. The summed E-state index contributed by atoms with van der Waals surface area (Å²) in [5, 5.41) is 1.32. The molecule has 1 fully saturated rings. The van der Waals surface area contributed by atoms with E-state index in [-0.39, 0.29) is 11.4 Å². The molecule has 5 heteroatoms. The van der Waals surface area contributed by atoms with E-state index >= 15 is 0 Å². The maximum Gasteiger partial charge on any atom is 0.220 e. The molecule has 0 aliphatic carbocycles. The fourth-order valence-electron chi connectivity index (χ4n) is 5.40. The number of H-pyrrole nitrogens is 1. The van der Waals surface area contributed by atoms with E-state index in [0.29, 0.717) is 6.61 Å². The Labute approximate surface area is 177 Å². The average molecular weight is 404 g/mol. The standard InChI is InChI=1S/C25H29N3O2/c1-18-7-6-10-21-22-11-13-28(19(2)29)25(24(22)26-23(18)21)12-14-27(17-25)15-16-30-20-8-4-3-5-9-20/h3-10,26H,11-17H2,1-2H3. The van der Waals surface area contributed by atoms with Crippen LogP contribution in [0.25, 0.3) is 10.9 Å². The minimum Gasteiger partial charge on any atom is -0.492 e. The number of rotatable bonds is 4. The van der Waals surface area contributed by atoms with E-state index in [1.807, 2.05) is 30.3 Å². The second-order valence-electron chi connectivity index (χ2n) is 8.62. The fraction of sp³-hybridized carbons (Fsp3) is 0.400. The van der Waals surface area contributed by atoms with Gasteiger partial charge >= 0.3 is 0 Å². The highest BCUT2D eigenvalue weighted by Crippen LogP contribution is 2.45. The Hall–Kier alpha value is -2.79. The van der Waals surface area contributed by atoms with E-state index in [1.165, 1.54) is 27.7 Å². The second kappa shape index (κ2) is 7.47. The SMILES string of the molecule is CC(=O)N1CCc2c([nH]c3c(C)cccc23)C12CCN(CCOc1ccccc1)C2. The van der Waals surface area contributed by atoms with Crippen molar-refractivity contribution < 1.29 is 9.53 Å². The van der Waals surface area contributed by atoms with E-state index in [0.717, 1.165) is 44.8 Å². The minimum absolute atomic E-state index is 0.165. The molecule has 2 aromatic carbocycles. The molecule has 1 spiro atoms. The summed E-state index contributed by atoms with van der Waals surface area (Å²) in [6.45, 7) is 7.98. The Bertz CT molecular complexity index is 1070. The molecule has 1 saturated heterocycles. The number of carbonyl (C=O) groups is 1. The molecule has 0 bridgehead atoms. The van der Waals surface area contributed by atoms with Gasteiger partial charge in [0.15, 0.2) is 0 Å². The van der Waals surface area contributed by atoms with Crippen LogP contribution in [0.1, 0.15) is 30.2 Å². The molecule has 30 heavy (non-hydrogen) atoms. The molecule has 3 aromatic rings.